The minimum absolute atomic E-state index is 0.201. The number of halogens is 1. The van der Waals surface area contributed by atoms with Gasteiger partial charge in [0.1, 0.15) is 10.8 Å². The minimum atomic E-state index is -1.01. The molecule has 0 atom stereocenters. The van der Waals surface area contributed by atoms with Crippen molar-refractivity contribution in [3.63, 3.8) is 0 Å². The van der Waals surface area contributed by atoms with E-state index in [2.05, 4.69) is 15.8 Å². The van der Waals surface area contributed by atoms with Gasteiger partial charge in [-0.05, 0) is 74.1 Å². The van der Waals surface area contributed by atoms with E-state index in [-0.39, 0.29) is 12.4 Å². The summed E-state index contributed by atoms with van der Waals surface area (Å²) in [5, 5.41) is 7.10. The van der Waals surface area contributed by atoms with Crippen LogP contribution in [-0.2, 0) is 27.2 Å². The van der Waals surface area contributed by atoms with Gasteiger partial charge in [-0.15, -0.1) is 11.3 Å². The number of amides is 2. The highest BCUT2D eigenvalue weighted by molar-refractivity contribution is 7.17. The van der Waals surface area contributed by atoms with Crippen LogP contribution in [0.4, 0.5) is 5.00 Å². The standard InChI is InChI=1S/C28H26ClN3O6S/c1-2-37-28(36)23-21-12-4-3-5-13-22(21)39-26(23)31-24(33)25(34)32-30-16-17-8-6-11-20(14-17)38-27(35)18-9-7-10-19(29)15-18/h6-11,14-16H,2-5,12-13H2,1H3,(H,31,33)(H,32,34)/b30-16+. The quantitative estimate of drug-likeness (QED) is 0.102. The normalized spacial score (nSPS) is 12.8. The predicted molar refractivity (Wildman–Crippen MR) is 149 cm³/mol. The number of hydrogen-bond acceptors (Lipinski definition) is 8. The molecule has 39 heavy (non-hydrogen) atoms. The van der Waals surface area contributed by atoms with E-state index >= 15 is 0 Å². The van der Waals surface area contributed by atoms with E-state index in [1.807, 2.05) is 0 Å². The fourth-order valence-corrected chi connectivity index (χ4v) is 5.53. The van der Waals surface area contributed by atoms with Gasteiger partial charge in [-0.2, -0.15) is 5.10 Å². The Bertz CT molecular complexity index is 1430. The predicted octanol–water partition coefficient (Wildman–Crippen LogP) is 5.16. The first-order chi connectivity index (χ1) is 18.9. The first kappa shape index (κ1) is 28.0. The highest BCUT2D eigenvalue weighted by Gasteiger charge is 2.27. The average molecular weight is 568 g/mol. The van der Waals surface area contributed by atoms with Gasteiger partial charge >= 0.3 is 23.8 Å². The summed E-state index contributed by atoms with van der Waals surface area (Å²) in [6.45, 7) is 1.92. The monoisotopic (exact) mass is 567 g/mol. The maximum atomic E-state index is 12.7. The molecule has 0 radical (unpaired) electrons. The number of hydrazone groups is 1. The first-order valence-corrected chi connectivity index (χ1v) is 13.6. The van der Waals surface area contributed by atoms with Gasteiger partial charge in [-0.3, -0.25) is 9.59 Å². The molecule has 4 rings (SSSR count). The van der Waals surface area contributed by atoms with Crippen LogP contribution in [0.15, 0.2) is 53.6 Å². The molecule has 1 aromatic heterocycles. The summed E-state index contributed by atoms with van der Waals surface area (Å²) < 4.78 is 10.6. The van der Waals surface area contributed by atoms with E-state index in [0.29, 0.717) is 26.7 Å². The van der Waals surface area contributed by atoms with Crippen molar-refractivity contribution in [2.24, 2.45) is 5.10 Å². The van der Waals surface area contributed by atoms with Crippen LogP contribution in [0, 0.1) is 0 Å². The van der Waals surface area contributed by atoms with Crippen molar-refractivity contribution >= 4 is 57.9 Å². The summed E-state index contributed by atoms with van der Waals surface area (Å²) in [7, 11) is 0. The summed E-state index contributed by atoms with van der Waals surface area (Å²) in [5.41, 5.74) is 4.20. The third kappa shape index (κ3) is 7.30. The molecule has 2 aromatic carbocycles. The molecule has 1 heterocycles. The summed E-state index contributed by atoms with van der Waals surface area (Å²) in [6, 6.07) is 12.8. The second-order valence-electron chi connectivity index (χ2n) is 8.61. The number of fused-ring (bicyclic) bond motifs is 1. The molecule has 3 aromatic rings. The van der Waals surface area contributed by atoms with Gasteiger partial charge in [-0.1, -0.05) is 36.2 Å². The number of aryl methyl sites for hydroxylation is 1. The first-order valence-electron chi connectivity index (χ1n) is 12.4. The molecular weight excluding hydrogens is 542 g/mol. The smallest absolute Gasteiger partial charge is 0.343 e. The lowest BCUT2D eigenvalue weighted by molar-refractivity contribution is -0.136. The fraction of sp³-hybridized carbons (Fsp3) is 0.250. The molecule has 0 saturated heterocycles. The number of hydrogen-bond donors (Lipinski definition) is 2. The van der Waals surface area contributed by atoms with E-state index in [1.54, 1.807) is 49.4 Å². The molecule has 0 fully saturated rings. The number of benzene rings is 2. The Balaban J connectivity index is 1.38. The zero-order chi connectivity index (χ0) is 27.8. The van der Waals surface area contributed by atoms with Crippen LogP contribution in [0.1, 0.15) is 62.9 Å². The molecule has 2 amide bonds. The van der Waals surface area contributed by atoms with Gasteiger partial charge in [0, 0.05) is 9.90 Å². The number of esters is 2. The zero-order valence-electron chi connectivity index (χ0n) is 21.1. The number of ether oxygens (including phenoxy) is 2. The van der Waals surface area contributed by atoms with Crippen molar-refractivity contribution in [1.82, 2.24) is 5.43 Å². The van der Waals surface area contributed by atoms with Crippen molar-refractivity contribution < 1.29 is 28.7 Å². The molecule has 202 valence electrons. The fourth-order valence-electron chi connectivity index (χ4n) is 4.07. The van der Waals surface area contributed by atoms with Crippen LogP contribution >= 0.6 is 22.9 Å². The van der Waals surface area contributed by atoms with Crippen molar-refractivity contribution in [3.8, 4) is 5.75 Å². The van der Waals surface area contributed by atoms with E-state index in [1.165, 1.54) is 23.6 Å². The molecule has 0 bridgehead atoms. The van der Waals surface area contributed by atoms with Crippen LogP contribution in [0.3, 0.4) is 0 Å². The Morgan fingerprint density at radius 2 is 1.79 bits per heavy atom. The Morgan fingerprint density at radius 1 is 1.00 bits per heavy atom. The van der Waals surface area contributed by atoms with Crippen LogP contribution < -0.4 is 15.5 Å². The Kier molecular flexibility index (Phi) is 9.45. The molecule has 1 aliphatic carbocycles. The molecule has 2 N–H and O–H groups in total. The lowest BCUT2D eigenvalue weighted by Crippen LogP contribution is -2.32. The SMILES string of the molecule is CCOC(=O)c1c(NC(=O)C(=O)N/N=C/c2cccc(OC(=O)c3cccc(Cl)c3)c2)sc2c1CCCCC2. The van der Waals surface area contributed by atoms with E-state index in [0.717, 1.165) is 42.5 Å². The molecule has 9 nitrogen and oxygen atoms in total. The minimum Gasteiger partial charge on any atom is -0.462 e. The van der Waals surface area contributed by atoms with Gasteiger partial charge in [0.2, 0.25) is 0 Å². The van der Waals surface area contributed by atoms with Crippen molar-refractivity contribution in [2.75, 3.05) is 11.9 Å². The molecule has 0 spiro atoms. The molecule has 1 aliphatic rings. The van der Waals surface area contributed by atoms with Crippen LogP contribution in [0.2, 0.25) is 5.02 Å². The lowest BCUT2D eigenvalue weighted by Gasteiger charge is -2.08. The number of thiophene rings is 1. The molecule has 0 unspecified atom stereocenters. The van der Waals surface area contributed by atoms with Crippen LogP contribution in [-0.4, -0.2) is 36.6 Å². The van der Waals surface area contributed by atoms with Gasteiger partial charge in [0.05, 0.1) is 23.9 Å². The Hall–Kier alpha value is -4.02. The number of carbonyl (C=O) groups excluding carboxylic acids is 4. The summed E-state index contributed by atoms with van der Waals surface area (Å²) in [4.78, 5) is 51.0. The highest BCUT2D eigenvalue weighted by Crippen LogP contribution is 2.38. The van der Waals surface area contributed by atoms with Crippen LogP contribution in [0.25, 0.3) is 0 Å². The maximum absolute atomic E-state index is 12.7. The third-order valence-corrected chi connectivity index (χ3v) is 7.29. The number of nitrogens with one attached hydrogen (secondary N) is 2. The Morgan fingerprint density at radius 3 is 2.59 bits per heavy atom. The van der Waals surface area contributed by atoms with Crippen molar-refractivity contribution in [2.45, 2.75) is 39.0 Å². The topological polar surface area (TPSA) is 123 Å². The van der Waals surface area contributed by atoms with Gasteiger partial charge in [-0.25, -0.2) is 15.0 Å². The number of rotatable bonds is 7. The maximum Gasteiger partial charge on any atom is 0.343 e. The number of carbonyl (C=O) groups is 4. The molecule has 0 saturated carbocycles. The lowest BCUT2D eigenvalue weighted by atomic mass is 10.1. The Labute approximate surface area is 234 Å². The zero-order valence-corrected chi connectivity index (χ0v) is 22.7. The van der Waals surface area contributed by atoms with Crippen molar-refractivity contribution in [1.29, 1.82) is 0 Å². The largest absolute Gasteiger partial charge is 0.462 e. The summed E-state index contributed by atoms with van der Waals surface area (Å²) >= 11 is 7.22. The summed E-state index contributed by atoms with van der Waals surface area (Å²) in [5.74, 6) is -2.80. The molecule has 0 aliphatic heterocycles. The third-order valence-electron chi connectivity index (χ3n) is 5.84. The second-order valence-corrected chi connectivity index (χ2v) is 10.2. The van der Waals surface area contributed by atoms with E-state index in [4.69, 9.17) is 21.1 Å². The average Bonchev–Trinajstić information content (AvgIpc) is 3.08. The van der Waals surface area contributed by atoms with Crippen LogP contribution in [0.5, 0.6) is 5.75 Å². The summed E-state index contributed by atoms with van der Waals surface area (Å²) in [6.07, 6.45) is 5.85. The highest BCUT2D eigenvalue weighted by atomic mass is 35.5. The second kappa shape index (κ2) is 13.2. The van der Waals surface area contributed by atoms with E-state index in [9.17, 15) is 19.2 Å². The number of nitrogens with zero attached hydrogens (tertiary/aromatic N) is 1. The number of anilines is 1. The molecule has 11 heteroatoms. The molecular formula is C28H26ClN3O6S. The van der Waals surface area contributed by atoms with Gasteiger partial charge in [0.15, 0.2) is 0 Å². The van der Waals surface area contributed by atoms with Gasteiger partial charge < -0.3 is 14.8 Å². The van der Waals surface area contributed by atoms with Gasteiger partial charge in [0.25, 0.3) is 0 Å². The van der Waals surface area contributed by atoms with Crippen molar-refractivity contribution in [3.05, 3.63) is 80.7 Å². The van der Waals surface area contributed by atoms with E-state index < -0.39 is 23.8 Å².